The molecule has 0 fully saturated rings. The number of nitrogens with one attached hydrogen (secondary N) is 1. The van der Waals surface area contributed by atoms with Crippen LogP contribution < -0.4 is 11.1 Å². The minimum Gasteiger partial charge on any atom is -0.383 e. The van der Waals surface area contributed by atoms with E-state index in [1.54, 1.807) is 24.3 Å². The lowest BCUT2D eigenvalue weighted by Crippen LogP contribution is -2.15. The molecule has 0 radical (unpaired) electrons. The van der Waals surface area contributed by atoms with Crippen molar-refractivity contribution in [3.05, 3.63) is 41.0 Å². The maximum atomic E-state index is 12.2. The highest BCUT2D eigenvalue weighted by molar-refractivity contribution is 7.00. The number of hydrogen-bond acceptors (Lipinski definition) is 6. The van der Waals surface area contributed by atoms with E-state index < -0.39 is 5.91 Å². The van der Waals surface area contributed by atoms with E-state index in [4.69, 9.17) is 17.3 Å². The van der Waals surface area contributed by atoms with Crippen molar-refractivity contribution in [1.82, 2.24) is 13.7 Å². The second-order valence-corrected chi connectivity index (χ2v) is 4.88. The number of pyridine rings is 1. The highest BCUT2D eigenvalue weighted by atomic mass is 35.5. The molecular weight excluding hydrogens is 298 g/mol. The number of fused-ring (bicyclic) bond motifs is 1. The highest BCUT2D eigenvalue weighted by Crippen LogP contribution is 2.30. The molecule has 0 spiro atoms. The fraction of sp³-hybridized carbons (Fsp3) is 0. The molecule has 0 aliphatic carbocycles. The SMILES string of the molecule is Nc1ncccc1C(=O)Nc1c(Cl)ccc2nsnc12. The molecular formula is C12H8ClN5OS. The van der Waals surface area contributed by atoms with Crippen LogP contribution in [0.1, 0.15) is 10.4 Å². The van der Waals surface area contributed by atoms with Crippen LogP contribution in [0.2, 0.25) is 5.02 Å². The molecule has 0 saturated heterocycles. The van der Waals surface area contributed by atoms with E-state index in [0.29, 0.717) is 21.7 Å². The largest absolute Gasteiger partial charge is 0.383 e. The summed E-state index contributed by atoms with van der Waals surface area (Å²) in [6, 6.07) is 6.63. The molecule has 0 saturated carbocycles. The van der Waals surface area contributed by atoms with Gasteiger partial charge >= 0.3 is 0 Å². The monoisotopic (exact) mass is 305 g/mol. The van der Waals surface area contributed by atoms with Gasteiger partial charge in [-0.2, -0.15) is 8.75 Å². The van der Waals surface area contributed by atoms with Crippen molar-refractivity contribution in [2.45, 2.75) is 0 Å². The number of anilines is 2. The number of hydrogen-bond donors (Lipinski definition) is 2. The van der Waals surface area contributed by atoms with Crippen LogP contribution in [0.25, 0.3) is 11.0 Å². The summed E-state index contributed by atoms with van der Waals surface area (Å²) in [7, 11) is 0. The Hall–Kier alpha value is -2.25. The van der Waals surface area contributed by atoms with E-state index in [1.165, 1.54) is 6.20 Å². The quantitative estimate of drug-likeness (QED) is 0.759. The summed E-state index contributed by atoms with van der Waals surface area (Å²) >= 11 is 7.16. The first-order chi connectivity index (χ1) is 9.66. The van der Waals surface area contributed by atoms with Gasteiger partial charge in [-0.1, -0.05) is 11.6 Å². The minimum absolute atomic E-state index is 0.157. The minimum atomic E-state index is -0.391. The molecule has 0 aliphatic heterocycles. The third-order valence-corrected chi connectivity index (χ3v) is 3.56. The molecule has 100 valence electrons. The summed E-state index contributed by atoms with van der Waals surface area (Å²) in [5.74, 6) is -0.234. The molecule has 0 aliphatic rings. The van der Waals surface area contributed by atoms with Gasteiger partial charge in [-0.3, -0.25) is 4.79 Å². The molecule has 0 unspecified atom stereocenters. The van der Waals surface area contributed by atoms with Gasteiger partial charge in [0.2, 0.25) is 0 Å². The Morgan fingerprint density at radius 1 is 1.30 bits per heavy atom. The number of aromatic nitrogens is 3. The van der Waals surface area contributed by atoms with E-state index >= 15 is 0 Å². The van der Waals surface area contributed by atoms with E-state index in [9.17, 15) is 4.79 Å². The number of carbonyl (C=O) groups is 1. The van der Waals surface area contributed by atoms with Gasteiger partial charge in [-0.15, -0.1) is 0 Å². The fourth-order valence-corrected chi connectivity index (χ4v) is 2.48. The molecule has 20 heavy (non-hydrogen) atoms. The van der Waals surface area contributed by atoms with E-state index in [0.717, 1.165) is 11.7 Å². The van der Waals surface area contributed by atoms with Crippen LogP contribution in [0.4, 0.5) is 11.5 Å². The Kier molecular flexibility index (Phi) is 3.21. The maximum Gasteiger partial charge on any atom is 0.259 e. The standard InChI is InChI=1S/C12H8ClN5OS/c13-7-3-4-8-10(18-20-17-8)9(7)16-12(19)6-2-1-5-15-11(6)14/h1-5H,(H2,14,15)(H,16,19). The summed E-state index contributed by atoms with van der Waals surface area (Å²) in [6.45, 7) is 0. The maximum absolute atomic E-state index is 12.2. The molecule has 3 rings (SSSR count). The predicted octanol–water partition coefficient (Wildman–Crippen LogP) is 2.57. The van der Waals surface area contributed by atoms with Crippen LogP contribution in [0, 0.1) is 0 Å². The van der Waals surface area contributed by atoms with Gasteiger partial charge < -0.3 is 11.1 Å². The molecule has 3 aromatic rings. The van der Waals surface area contributed by atoms with Crippen molar-refractivity contribution < 1.29 is 4.79 Å². The zero-order chi connectivity index (χ0) is 14.1. The summed E-state index contributed by atoms with van der Waals surface area (Å²) in [6.07, 6.45) is 1.52. The third-order valence-electron chi connectivity index (χ3n) is 2.70. The summed E-state index contributed by atoms with van der Waals surface area (Å²) in [5, 5.41) is 3.10. The first kappa shape index (κ1) is 12.8. The van der Waals surface area contributed by atoms with Crippen molar-refractivity contribution in [1.29, 1.82) is 0 Å². The van der Waals surface area contributed by atoms with Gasteiger partial charge in [0.1, 0.15) is 16.9 Å². The number of rotatable bonds is 2. The molecule has 2 aromatic heterocycles. The number of benzene rings is 1. The normalized spacial score (nSPS) is 10.7. The second-order valence-electron chi connectivity index (χ2n) is 3.94. The lowest BCUT2D eigenvalue weighted by molar-refractivity contribution is 0.102. The van der Waals surface area contributed by atoms with Crippen molar-refractivity contribution >= 4 is 51.8 Å². The van der Waals surface area contributed by atoms with Crippen LogP contribution in [0.15, 0.2) is 30.5 Å². The Bertz CT molecular complexity index is 803. The number of nitrogen functional groups attached to an aromatic ring is 1. The molecule has 1 amide bonds. The predicted molar refractivity (Wildman–Crippen MR) is 79.0 cm³/mol. The molecule has 8 heteroatoms. The smallest absolute Gasteiger partial charge is 0.259 e. The molecule has 2 heterocycles. The summed E-state index contributed by atoms with van der Waals surface area (Å²) in [4.78, 5) is 16.1. The molecule has 0 atom stereocenters. The van der Waals surface area contributed by atoms with Crippen LogP contribution in [-0.2, 0) is 0 Å². The number of halogens is 1. The fourth-order valence-electron chi connectivity index (χ4n) is 1.74. The summed E-state index contributed by atoms with van der Waals surface area (Å²) in [5.41, 5.74) is 7.61. The lowest BCUT2D eigenvalue weighted by atomic mass is 10.2. The Morgan fingerprint density at radius 3 is 2.95 bits per heavy atom. The van der Waals surface area contributed by atoms with Gasteiger partial charge in [0.05, 0.1) is 28.0 Å². The van der Waals surface area contributed by atoms with Crippen LogP contribution >= 0.6 is 23.3 Å². The number of amides is 1. The Balaban J connectivity index is 2.01. The van der Waals surface area contributed by atoms with E-state index in [2.05, 4.69) is 19.0 Å². The second kappa shape index (κ2) is 5.03. The average molecular weight is 306 g/mol. The van der Waals surface area contributed by atoms with E-state index in [1.807, 2.05) is 0 Å². The van der Waals surface area contributed by atoms with Gasteiger partial charge in [-0.25, -0.2) is 4.98 Å². The van der Waals surface area contributed by atoms with Gasteiger partial charge in [0.15, 0.2) is 0 Å². The number of nitrogens with zero attached hydrogens (tertiary/aromatic N) is 3. The van der Waals surface area contributed by atoms with Gasteiger partial charge in [-0.05, 0) is 24.3 Å². The van der Waals surface area contributed by atoms with Crippen LogP contribution in [0.5, 0.6) is 0 Å². The number of nitrogens with two attached hydrogens (primary N) is 1. The zero-order valence-electron chi connectivity index (χ0n) is 10.0. The first-order valence-corrected chi connectivity index (χ1v) is 6.70. The molecule has 3 N–H and O–H groups in total. The van der Waals surface area contributed by atoms with Crippen LogP contribution in [-0.4, -0.2) is 19.6 Å². The molecule has 0 bridgehead atoms. The number of carbonyl (C=O) groups excluding carboxylic acids is 1. The molecule has 1 aromatic carbocycles. The van der Waals surface area contributed by atoms with Gasteiger partial charge in [0, 0.05) is 6.20 Å². The lowest BCUT2D eigenvalue weighted by Gasteiger charge is -2.08. The van der Waals surface area contributed by atoms with Crippen molar-refractivity contribution in [2.24, 2.45) is 0 Å². The summed E-state index contributed by atoms with van der Waals surface area (Å²) < 4.78 is 8.23. The van der Waals surface area contributed by atoms with Gasteiger partial charge in [0.25, 0.3) is 5.91 Å². The van der Waals surface area contributed by atoms with Crippen molar-refractivity contribution in [3.8, 4) is 0 Å². The van der Waals surface area contributed by atoms with Crippen molar-refractivity contribution in [2.75, 3.05) is 11.1 Å². The van der Waals surface area contributed by atoms with Crippen LogP contribution in [0.3, 0.4) is 0 Å². The third kappa shape index (κ3) is 2.17. The Labute approximate surface area is 122 Å². The Morgan fingerprint density at radius 2 is 2.15 bits per heavy atom. The van der Waals surface area contributed by atoms with Crippen molar-refractivity contribution in [3.63, 3.8) is 0 Å². The zero-order valence-corrected chi connectivity index (χ0v) is 11.6. The average Bonchev–Trinajstić information content (AvgIpc) is 2.91. The molecule has 6 nitrogen and oxygen atoms in total. The topological polar surface area (TPSA) is 93.8 Å². The highest BCUT2D eigenvalue weighted by Gasteiger charge is 2.15. The first-order valence-electron chi connectivity index (χ1n) is 5.59. The van der Waals surface area contributed by atoms with E-state index in [-0.39, 0.29) is 11.4 Å².